The smallest absolute Gasteiger partial charge is 0.246 e. The van der Waals surface area contributed by atoms with Crippen LogP contribution < -0.4 is 10.6 Å². The average molecular weight is 556 g/mol. The van der Waals surface area contributed by atoms with Crippen LogP contribution in [0.25, 0.3) is 10.4 Å². The normalized spacial score (nSPS) is 22.6. The Bertz CT molecular complexity index is 1330. The fraction of sp³-hybridized carbons (Fsp3) is 0.536. The van der Waals surface area contributed by atoms with E-state index in [1.165, 1.54) is 0 Å². The first-order valence-electron chi connectivity index (χ1n) is 12.9. The van der Waals surface area contributed by atoms with E-state index in [0.717, 1.165) is 32.2 Å². The number of benzene rings is 1. The van der Waals surface area contributed by atoms with Crippen molar-refractivity contribution in [3.63, 3.8) is 0 Å². The summed E-state index contributed by atoms with van der Waals surface area (Å²) in [7, 11) is 0. The molecule has 2 heterocycles. The van der Waals surface area contributed by atoms with Crippen LogP contribution in [0.15, 0.2) is 23.7 Å². The van der Waals surface area contributed by atoms with Gasteiger partial charge < -0.3 is 20.6 Å². The Hall–Kier alpha value is -3.36. The molecule has 1 aromatic heterocycles. The number of aliphatic hydroxyl groups is 1. The van der Waals surface area contributed by atoms with Crippen LogP contribution in [0.2, 0.25) is 0 Å². The van der Waals surface area contributed by atoms with Crippen molar-refractivity contribution < 1.29 is 23.9 Å². The average Bonchev–Trinajstić information content (AvgIpc) is 3.48. The molecule has 0 bridgehead atoms. The second kappa shape index (κ2) is 10.7. The SMILES string of the molecule is Cc1cc(-c2scnc2C)ccc1CNC(=O)C1[C@@H](F)[C@@H](O)CN1C(=O)C(NC(=O)C1(C#N)CC1)C(C)(C)C. The monoisotopic (exact) mass is 555 g/mol. The van der Waals surface area contributed by atoms with Crippen LogP contribution in [-0.4, -0.2) is 63.6 Å². The van der Waals surface area contributed by atoms with Gasteiger partial charge in [0.15, 0.2) is 6.17 Å². The molecule has 208 valence electrons. The minimum Gasteiger partial charge on any atom is -0.388 e. The Labute approximate surface area is 231 Å². The van der Waals surface area contributed by atoms with Gasteiger partial charge in [-0.15, -0.1) is 11.3 Å². The van der Waals surface area contributed by atoms with Gasteiger partial charge in [0.25, 0.3) is 0 Å². The summed E-state index contributed by atoms with van der Waals surface area (Å²) in [6.45, 7) is 8.78. The second-order valence-corrected chi connectivity index (χ2v) is 12.4. The molecule has 1 aliphatic heterocycles. The number of carbonyl (C=O) groups excluding carboxylic acids is 3. The maximum atomic E-state index is 15.1. The number of aromatic nitrogens is 1. The van der Waals surface area contributed by atoms with E-state index in [-0.39, 0.29) is 13.1 Å². The summed E-state index contributed by atoms with van der Waals surface area (Å²) in [6.07, 6.45) is -2.72. The van der Waals surface area contributed by atoms with Crippen molar-refractivity contribution >= 4 is 29.1 Å². The van der Waals surface area contributed by atoms with Gasteiger partial charge in [0.1, 0.15) is 23.6 Å². The largest absolute Gasteiger partial charge is 0.388 e. The van der Waals surface area contributed by atoms with Crippen LogP contribution in [0, 0.1) is 36.0 Å². The van der Waals surface area contributed by atoms with Gasteiger partial charge in [0.05, 0.1) is 28.7 Å². The number of hydrogen-bond acceptors (Lipinski definition) is 7. The molecule has 4 rings (SSSR count). The first-order valence-corrected chi connectivity index (χ1v) is 13.8. The minimum absolute atomic E-state index is 0.109. The number of amides is 3. The molecule has 1 saturated heterocycles. The standard InChI is InChI=1S/C28H34FN5O4S/c1-15-10-17(22-16(2)32-14-39-22)6-7-18(15)11-31-24(36)21-20(29)19(35)12-34(21)25(37)23(27(3,4)5)33-26(38)28(13-30)8-9-28/h6-7,10,14,19-21,23,35H,8-9,11-12H2,1-5H3,(H,31,36)(H,33,38)/t19-,20-,21?,23?/m0/s1. The van der Waals surface area contributed by atoms with Crippen LogP contribution in [0.5, 0.6) is 0 Å². The lowest BCUT2D eigenvalue weighted by Crippen LogP contribution is -2.59. The number of halogens is 1. The van der Waals surface area contributed by atoms with E-state index in [2.05, 4.69) is 15.6 Å². The van der Waals surface area contributed by atoms with Crippen molar-refractivity contribution in [3.8, 4) is 16.5 Å². The number of hydrogen-bond donors (Lipinski definition) is 3. The molecule has 1 saturated carbocycles. The van der Waals surface area contributed by atoms with Crippen molar-refractivity contribution in [1.82, 2.24) is 20.5 Å². The Morgan fingerprint density at radius 1 is 1.31 bits per heavy atom. The number of likely N-dealkylation sites (tertiary alicyclic amines) is 1. The van der Waals surface area contributed by atoms with Crippen LogP contribution in [0.1, 0.15) is 50.4 Å². The van der Waals surface area contributed by atoms with Crippen molar-refractivity contribution in [2.45, 2.75) is 78.4 Å². The summed E-state index contributed by atoms with van der Waals surface area (Å²) in [5.41, 5.74) is 3.54. The van der Waals surface area contributed by atoms with Crippen LogP contribution in [0.3, 0.4) is 0 Å². The fourth-order valence-corrected chi connectivity index (χ4v) is 5.61. The minimum atomic E-state index is -1.99. The number of carbonyl (C=O) groups is 3. The Balaban J connectivity index is 1.49. The van der Waals surface area contributed by atoms with Gasteiger partial charge in [0, 0.05) is 6.54 Å². The van der Waals surface area contributed by atoms with E-state index in [9.17, 15) is 24.8 Å². The van der Waals surface area contributed by atoms with Gasteiger partial charge in [-0.05, 0) is 48.8 Å². The zero-order chi connectivity index (χ0) is 28.7. The molecule has 9 nitrogen and oxygen atoms in total. The number of nitriles is 1. The van der Waals surface area contributed by atoms with Gasteiger partial charge in [-0.2, -0.15) is 5.26 Å². The number of aryl methyl sites for hydroxylation is 2. The fourth-order valence-electron chi connectivity index (χ4n) is 4.81. The summed E-state index contributed by atoms with van der Waals surface area (Å²) in [5.74, 6) is -1.96. The number of alkyl halides is 1. The molecule has 4 atom stereocenters. The molecule has 39 heavy (non-hydrogen) atoms. The zero-order valence-corrected chi connectivity index (χ0v) is 23.6. The van der Waals surface area contributed by atoms with Crippen molar-refractivity contribution in [2.24, 2.45) is 10.8 Å². The lowest BCUT2D eigenvalue weighted by molar-refractivity contribution is -0.145. The lowest BCUT2D eigenvalue weighted by Gasteiger charge is -2.35. The number of rotatable bonds is 7. The predicted molar refractivity (Wildman–Crippen MR) is 144 cm³/mol. The molecule has 3 N–H and O–H groups in total. The van der Waals surface area contributed by atoms with Crippen LogP contribution in [0.4, 0.5) is 4.39 Å². The molecule has 11 heteroatoms. The van der Waals surface area contributed by atoms with Crippen molar-refractivity contribution in [2.75, 3.05) is 6.54 Å². The first-order chi connectivity index (χ1) is 18.3. The summed E-state index contributed by atoms with van der Waals surface area (Å²) >= 11 is 1.54. The molecule has 2 fully saturated rings. The summed E-state index contributed by atoms with van der Waals surface area (Å²) < 4.78 is 15.1. The number of β-amino-alcohol motifs (C(OH)–C–C–N with tert-alkyl or cyclic N) is 1. The lowest BCUT2D eigenvalue weighted by atomic mass is 9.85. The molecule has 1 aromatic carbocycles. The molecule has 2 aliphatic rings. The Morgan fingerprint density at radius 2 is 2.00 bits per heavy atom. The summed E-state index contributed by atoms with van der Waals surface area (Å²) in [4.78, 5) is 46.0. The number of thiazole rings is 1. The highest BCUT2D eigenvalue weighted by Crippen LogP contribution is 2.45. The number of nitrogens with zero attached hydrogens (tertiary/aromatic N) is 3. The zero-order valence-electron chi connectivity index (χ0n) is 22.7. The third-order valence-electron chi connectivity index (χ3n) is 7.53. The van der Waals surface area contributed by atoms with E-state index in [1.54, 1.807) is 37.6 Å². The number of aliphatic hydroxyl groups excluding tert-OH is 1. The van der Waals surface area contributed by atoms with Gasteiger partial charge >= 0.3 is 0 Å². The maximum absolute atomic E-state index is 15.1. The Kier molecular flexibility index (Phi) is 7.83. The third-order valence-corrected chi connectivity index (χ3v) is 8.51. The van der Waals surface area contributed by atoms with Gasteiger partial charge in [-0.25, -0.2) is 9.37 Å². The van der Waals surface area contributed by atoms with Crippen molar-refractivity contribution in [1.29, 1.82) is 5.26 Å². The van der Waals surface area contributed by atoms with E-state index in [4.69, 9.17) is 0 Å². The quantitative estimate of drug-likeness (QED) is 0.481. The van der Waals surface area contributed by atoms with Crippen molar-refractivity contribution in [3.05, 3.63) is 40.5 Å². The highest BCUT2D eigenvalue weighted by atomic mass is 32.1. The van der Waals surface area contributed by atoms with Gasteiger partial charge in [-0.3, -0.25) is 14.4 Å². The van der Waals surface area contributed by atoms with E-state index >= 15 is 4.39 Å². The third kappa shape index (κ3) is 5.68. The van der Waals surface area contributed by atoms with Gasteiger partial charge in [-0.1, -0.05) is 39.0 Å². The second-order valence-electron chi connectivity index (χ2n) is 11.5. The summed E-state index contributed by atoms with van der Waals surface area (Å²) in [6, 6.07) is 5.16. The van der Waals surface area contributed by atoms with E-state index < -0.39 is 52.9 Å². The number of nitrogens with one attached hydrogen (secondary N) is 2. The highest BCUT2D eigenvalue weighted by Gasteiger charge is 2.54. The molecule has 2 aromatic rings. The highest BCUT2D eigenvalue weighted by molar-refractivity contribution is 7.13. The molecule has 1 aliphatic carbocycles. The summed E-state index contributed by atoms with van der Waals surface area (Å²) in [5, 5.41) is 25.0. The van der Waals surface area contributed by atoms with Crippen LogP contribution in [-0.2, 0) is 20.9 Å². The van der Waals surface area contributed by atoms with E-state index in [0.29, 0.717) is 12.8 Å². The molecular formula is C28H34FN5O4S. The molecule has 0 radical (unpaired) electrons. The molecule has 3 amide bonds. The van der Waals surface area contributed by atoms with E-state index in [1.807, 2.05) is 38.1 Å². The Morgan fingerprint density at radius 3 is 2.54 bits per heavy atom. The van der Waals surface area contributed by atoms with Crippen LogP contribution >= 0.6 is 11.3 Å². The van der Waals surface area contributed by atoms with Gasteiger partial charge in [0.2, 0.25) is 17.7 Å². The maximum Gasteiger partial charge on any atom is 0.246 e. The molecular weight excluding hydrogens is 521 g/mol. The molecule has 2 unspecified atom stereocenters. The topological polar surface area (TPSA) is 135 Å². The predicted octanol–water partition coefficient (Wildman–Crippen LogP) is 2.79. The first kappa shape index (κ1) is 28.6. The molecule has 0 spiro atoms.